The molecule has 1 heterocycles. The van der Waals surface area contributed by atoms with Crippen LogP contribution in [0.4, 0.5) is 0 Å². The maximum absolute atomic E-state index is 11.6. The molecule has 0 spiro atoms. The lowest BCUT2D eigenvalue weighted by atomic mass is 10.4. The molecule has 1 N–H and O–H groups in total. The molecule has 7 nitrogen and oxygen atoms in total. The van der Waals surface area contributed by atoms with E-state index in [4.69, 9.17) is 4.52 Å². The first-order valence-electron chi connectivity index (χ1n) is 6.68. The first-order valence-corrected chi connectivity index (χ1v) is 6.68. The van der Waals surface area contributed by atoms with Crippen LogP contribution in [0, 0.1) is 0 Å². The third-order valence-electron chi connectivity index (χ3n) is 3.03. The Morgan fingerprint density at radius 3 is 2.80 bits per heavy atom. The van der Waals surface area contributed by atoms with Gasteiger partial charge in [0.1, 0.15) is 18.5 Å². The highest BCUT2D eigenvalue weighted by atomic mass is 16.5. The fraction of sp³-hybridized carbons (Fsp3) is 0.615. The van der Waals surface area contributed by atoms with Gasteiger partial charge in [-0.1, -0.05) is 5.16 Å². The number of carbonyl (C=O) groups excluding carboxylic acids is 1. The van der Waals surface area contributed by atoms with Crippen molar-refractivity contribution in [3.8, 4) is 0 Å². The molecule has 0 saturated heterocycles. The van der Waals surface area contributed by atoms with Crippen LogP contribution in [0.2, 0.25) is 0 Å². The zero-order valence-corrected chi connectivity index (χ0v) is 12.2. The second kappa shape index (κ2) is 6.40. The highest BCUT2D eigenvalue weighted by Gasteiger charge is 2.24. The molecule has 0 aromatic carbocycles. The molecule has 2 rings (SSSR count). The molecule has 1 aliphatic carbocycles. The van der Waals surface area contributed by atoms with Crippen LogP contribution in [-0.2, 0) is 11.3 Å². The third kappa shape index (κ3) is 4.25. The van der Waals surface area contributed by atoms with Crippen molar-refractivity contribution >= 4 is 11.9 Å². The number of aromatic nitrogens is 1. The molecule has 1 amide bonds. The van der Waals surface area contributed by atoms with Gasteiger partial charge >= 0.3 is 0 Å². The molecule has 1 saturated carbocycles. The van der Waals surface area contributed by atoms with E-state index in [0.29, 0.717) is 12.6 Å². The average molecular weight is 279 g/mol. The van der Waals surface area contributed by atoms with Crippen LogP contribution in [0.5, 0.6) is 0 Å². The Balaban J connectivity index is 1.97. The van der Waals surface area contributed by atoms with Gasteiger partial charge in [-0.25, -0.2) is 4.99 Å². The van der Waals surface area contributed by atoms with Crippen molar-refractivity contribution in [2.75, 3.05) is 27.7 Å². The summed E-state index contributed by atoms with van der Waals surface area (Å²) in [6, 6.07) is 2.29. The minimum Gasteiger partial charge on any atom is -0.364 e. The van der Waals surface area contributed by atoms with E-state index in [1.54, 1.807) is 20.4 Å². The number of amides is 1. The van der Waals surface area contributed by atoms with Gasteiger partial charge in [-0.05, 0) is 12.8 Å². The van der Waals surface area contributed by atoms with Crippen molar-refractivity contribution < 1.29 is 9.32 Å². The lowest BCUT2D eigenvalue weighted by molar-refractivity contribution is -0.127. The molecule has 0 atom stereocenters. The topological polar surface area (TPSA) is 74.0 Å². The molecule has 0 aliphatic heterocycles. The molecule has 7 heteroatoms. The molecule has 0 unspecified atom stereocenters. The van der Waals surface area contributed by atoms with Gasteiger partial charge in [0.15, 0.2) is 5.96 Å². The Bertz CT molecular complexity index is 465. The number of carbonyl (C=O) groups is 1. The van der Waals surface area contributed by atoms with Gasteiger partial charge in [0.25, 0.3) is 0 Å². The normalized spacial score (nSPS) is 15.1. The zero-order valence-electron chi connectivity index (χ0n) is 12.2. The molecule has 110 valence electrons. The van der Waals surface area contributed by atoms with Gasteiger partial charge in [0.2, 0.25) is 5.91 Å². The number of rotatable bonds is 5. The highest BCUT2D eigenvalue weighted by Crippen LogP contribution is 2.19. The van der Waals surface area contributed by atoms with E-state index in [1.165, 1.54) is 4.90 Å². The fourth-order valence-electron chi connectivity index (χ4n) is 1.61. The Morgan fingerprint density at radius 2 is 2.25 bits per heavy atom. The fourth-order valence-corrected chi connectivity index (χ4v) is 1.61. The van der Waals surface area contributed by atoms with Crippen LogP contribution in [-0.4, -0.2) is 60.6 Å². The number of nitrogens with zero attached hydrogens (tertiary/aromatic N) is 4. The minimum absolute atomic E-state index is 0.0186. The lowest BCUT2D eigenvalue weighted by Gasteiger charge is -2.21. The molecule has 1 aliphatic rings. The maximum atomic E-state index is 11.6. The molecule has 1 aromatic heterocycles. The summed E-state index contributed by atoms with van der Waals surface area (Å²) < 4.78 is 4.82. The number of guanidine groups is 1. The molecule has 20 heavy (non-hydrogen) atoms. The predicted molar refractivity (Wildman–Crippen MR) is 75.1 cm³/mol. The van der Waals surface area contributed by atoms with E-state index >= 15 is 0 Å². The summed E-state index contributed by atoms with van der Waals surface area (Å²) >= 11 is 0. The van der Waals surface area contributed by atoms with Crippen LogP contribution in [0.15, 0.2) is 21.8 Å². The first-order chi connectivity index (χ1) is 9.56. The van der Waals surface area contributed by atoms with E-state index in [1.807, 2.05) is 18.0 Å². The van der Waals surface area contributed by atoms with Crippen molar-refractivity contribution in [1.82, 2.24) is 20.3 Å². The number of aliphatic imine (C=N–C) groups is 1. The molecular weight excluding hydrogens is 258 g/mol. The smallest absolute Gasteiger partial charge is 0.243 e. The first kappa shape index (κ1) is 14.4. The maximum Gasteiger partial charge on any atom is 0.243 e. The van der Waals surface area contributed by atoms with Gasteiger partial charge < -0.3 is 19.6 Å². The minimum atomic E-state index is -0.0186. The summed E-state index contributed by atoms with van der Waals surface area (Å²) in [6.07, 6.45) is 3.85. The van der Waals surface area contributed by atoms with E-state index in [0.717, 1.165) is 24.5 Å². The predicted octanol–water partition coefficient (Wildman–Crippen LogP) is 0.303. The van der Waals surface area contributed by atoms with Gasteiger partial charge in [-0.2, -0.15) is 0 Å². The van der Waals surface area contributed by atoms with E-state index in [9.17, 15) is 4.79 Å². The van der Waals surface area contributed by atoms with E-state index in [-0.39, 0.29) is 12.5 Å². The SMILES string of the molecule is CN(C)C(=O)CN=C(NC1CC1)N(C)Cc1ccon1. The van der Waals surface area contributed by atoms with Crippen molar-refractivity contribution in [3.63, 3.8) is 0 Å². The average Bonchev–Trinajstić information content (AvgIpc) is 3.09. The Morgan fingerprint density at radius 1 is 1.50 bits per heavy atom. The van der Waals surface area contributed by atoms with Gasteiger partial charge in [-0.3, -0.25) is 4.79 Å². The zero-order chi connectivity index (χ0) is 14.5. The number of nitrogens with one attached hydrogen (secondary N) is 1. The van der Waals surface area contributed by atoms with E-state index < -0.39 is 0 Å². The van der Waals surface area contributed by atoms with Crippen molar-refractivity contribution in [1.29, 1.82) is 0 Å². The Kier molecular flexibility index (Phi) is 4.60. The van der Waals surface area contributed by atoms with Gasteiger partial charge in [0, 0.05) is 33.3 Å². The van der Waals surface area contributed by atoms with Crippen LogP contribution in [0.3, 0.4) is 0 Å². The highest BCUT2D eigenvalue weighted by molar-refractivity contribution is 5.85. The van der Waals surface area contributed by atoms with Crippen LogP contribution >= 0.6 is 0 Å². The Labute approximate surface area is 118 Å². The molecular formula is C13H21N5O2. The standard InChI is InChI=1S/C13H21N5O2/c1-17(2)12(19)8-14-13(15-10-4-5-10)18(3)9-11-6-7-20-16-11/h6-7,10H,4-5,8-9H2,1-3H3,(H,14,15). The molecule has 0 bridgehead atoms. The Hall–Kier alpha value is -2.05. The van der Waals surface area contributed by atoms with Gasteiger partial charge in [0.05, 0.1) is 6.54 Å². The van der Waals surface area contributed by atoms with Crippen LogP contribution < -0.4 is 5.32 Å². The lowest BCUT2D eigenvalue weighted by Crippen LogP contribution is -2.40. The van der Waals surface area contributed by atoms with Gasteiger partial charge in [-0.15, -0.1) is 0 Å². The summed E-state index contributed by atoms with van der Waals surface area (Å²) in [5.74, 6) is 0.709. The summed E-state index contributed by atoms with van der Waals surface area (Å²) in [4.78, 5) is 19.5. The van der Waals surface area contributed by atoms with Crippen molar-refractivity contribution in [2.24, 2.45) is 4.99 Å². The summed E-state index contributed by atoms with van der Waals surface area (Å²) in [6.45, 7) is 0.733. The number of likely N-dealkylation sites (N-methyl/N-ethyl adjacent to an activating group) is 1. The van der Waals surface area contributed by atoms with Crippen LogP contribution in [0.1, 0.15) is 18.5 Å². The summed E-state index contributed by atoms with van der Waals surface area (Å²) in [5.41, 5.74) is 0.830. The summed E-state index contributed by atoms with van der Waals surface area (Å²) in [7, 11) is 5.37. The second-order valence-corrected chi connectivity index (χ2v) is 5.19. The monoisotopic (exact) mass is 279 g/mol. The second-order valence-electron chi connectivity index (χ2n) is 5.19. The van der Waals surface area contributed by atoms with Crippen molar-refractivity contribution in [3.05, 3.63) is 18.0 Å². The molecule has 1 fully saturated rings. The van der Waals surface area contributed by atoms with Crippen LogP contribution in [0.25, 0.3) is 0 Å². The number of hydrogen-bond donors (Lipinski definition) is 1. The third-order valence-corrected chi connectivity index (χ3v) is 3.03. The quantitative estimate of drug-likeness (QED) is 0.620. The molecule has 1 aromatic rings. The largest absolute Gasteiger partial charge is 0.364 e. The van der Waals surface area contributed by atoms with Crippen molar-refractivity contribution in [2.45, 2.75) is 25.4 Å². The number of hydrogen-bond acceptors (Lipinski definition) is 4. The van der Waals surface area contributed by atoms with E-state index in [2.05, 4.69) is 15.5 Å². The molecule has 0 radical (unpaired) electrons. The summed E-state index contributed by atoms with van der Waals surface area (Å²) in [5, 5.41) is 7.23.